The number of aliphatic hydroxyl groups is 1. The van der Waals surface area contributed by atoms with Crippen molar-refractivity contribution < 1.29 is 18.3 Å². The van der Waals surface area contributed by atoms with E-state index >= 15 is 0 Å². The summed E-state index contributed by atoms with van der Waals surface area (Å²) in [4.78, 5) is 0. The van der Waals surface area contributed by atoms with E-state index in [9.17, 15) is 13.2 Å². The SMILES string of the molecule is CCCCC(O)(CC)C(F)(F)F. The van der Waals surface area contributed by atoms with Gasteiger partial charge in [-0.15, -0.1) is 0 Å². The van der Waals surface area contributed by atoms with Crippen LogP contribution in [0.2, 0.25) is 0 Å². The second-order valence-corrected chi connectivity index (χ2v) is 2.99. The second-order valence-electron chi connectivity index (χ2n) is 2.99. The molecule has 1 N–H and O–H groups in total. The summed E-state index contributed by atoms with van der Waals surface area (Å²) in [7, 11) is 0. The molecule has 0 saturated carbocycles. The van der Waals surface area contributed by atoms with Crippen LogP contribution in [0, 0.1) is 0 Å². The van der Waals surface area contributed by atoms with Gasteiger partial charge in [-0.05, 0) is 12.8 Å². The average molecular weight is 184 g/mol. The monoisotopic (exact) mass is 184 g/mol. The Morgan fingerprint density at radius 1 is 1.17 bits per heavy atom. The van der Waals surface area contributed by atoms with Gasteiger partial charge in [0.05, 0.1) is 0 Å². The van der Waals surface area contributed by atoms with Crippen LogP contribution >= 0.6 is 0 Å². The Bertz CT molecular complexity index is 133. The van der Waals surface area contributed by atoms with Crippen LogP contribution in [0.4, 0.5) is 13.2 Å². The first-order valence-corrected chi connectivity index (χ1v) is 4.16. The van der Waals surface area contributed by atoms with Crippen LogP contribution in [-0.2, 0) is 0 Å². The molecule has 0 rings (SSSR count). The van der Waals surface area contributed by atoms with Crippen molar-refractivity contribution in [3.05, 3.63) is 0 Å². The molecule has 74 valence electrons. The molecule has 0 aromatic rings. The number of rotatable bonds is 4. The lowest BCUT2D eigenvalue weighted by molar-refractivity contribution is -0.263. The largest absolute Gasteiger partial charge is 0.417 e. The van der Waals surface area contributed by atoms with Gasteiger partial charge in [-0.3, -0.25) is 0 Å². The van der Waals surface area contributed by atoms with E-state index in [0.717, 1.165) is 0 Å². The van der Waals surface area contributed by atoms with Crippen LogP contribution in [0.25, 0.3) is 0 Å². The van der Waals surface area contributed by atoms with Crippen molar-refractivity contribution in [1.29, 1.82) is 0 Å². The summed E-state index contributed by atoms with van der Waals surface area (Å²) in [5.41, 5.74) is -2.47. The van der Waals surface area contributed by atoms with Crippen LogP contribution < -0.4 is 0 Å². The summed E-state index contributed by atoms with van der Waals surface area (Å²) in [5.74, 6) is 0. The molecule has 0 saturated heterocycles. The number of alkyl halides is 3. The van der Waals surface area contributed by atoms with Gasteiger partial charge in [0.1, 0.15) is 0 Å². The van der Waals surface area contributed by atoms with E-state index in [4.69, 9.17) is 5.11 Å². The summed E-state index contributed by atoms with van der Waals surface area (Å²) in [6.45, 7) is 3.15. The maximum Gasteiger partial charge on any atom is 0.417 e. The van der Waals surface area contributed by atoms with Gasteiger partial charge in [-0.1, -0.05) is 26.7 Å². The number of unbranched alkanes of at least 4 members (excludes halogenated alkanes) is 1. The quantitative estimate of drug-likeness (QED) is 0.712. The van der Waals surface area contributed by atoms with Gasteiger partial charge in [-0.25, -0.2) is 0 Å². The first-order valence-electron chi connectivity index (χ1n) is 4.16. The van der Waals surface area contributed by atoms with E-state index in [1.54, 1.807) is 6.92 Å². The Labute approximate surface area is 70.6 Å². The zero-order valence-electron chi connectivity index (χ0n) is 7.41. The summed E-state index contributed by atoms with van der Waals surface area (Å²) in [6.07, 6.45) is -3.88. The molecule has 12 heavy (non-hydrogen) atoms. The Hall–Kier alpha value is -0.250. The average Bonchev–Trinajstić information content (AvgIpc) is 1.98. The molecule has 0 aliphatic rings. The minimum absolute atomic E-state index is 0.191. The van der Waals surface area contributed by atoms with Crippen molar-refractivity contribution in [2.45, 2.75) is 51.3 Å². The number of hydrogen-bond acceptors (Lipinski definition) is 1. The molecule has 0 aromatic heterocycles. The molecular formula is C8H15F3O. The smallest absolute Gasteiger partial charge is 0.380 e. The highest BCUT2D eigenvalue weighted by molar-refractivity contribution is 4.84. The topological polar surface area (TPSA) is 20.2 Å². The van der Waals surface area contributed by atoms with Crippen LogP contribution in [0.5, 0.6) is 0 Å². The van der Waals surface area contributed by atoms with E-state index in [1.165, 1.54) is 6.92 Å². The molecule has 0 radical (unpaired) electrons. The number of hydrogen-bond donors (Lipinski definition) is 1. The molecule has 0 heterocycles. The fourth-order valence-corrected chi connectivity index (χ4v) is 0.988. The molecule has 0 aliphatic heterocycles. The van der Waals surface area contributed by atoms with Gasteiger partial charge in [0.2, 0.25) is 0 Å². The lowest BCUT2D eigenvalue weighted by atomic mass is 9.93. The van der Waals surface area contributed by atoms with Crippen LogP contribution in [0.1, 0.15) is 39.5 Å². The fourth-order valence-electron chi connectivity index (χ4n) is 0.988. The standard InChI is InChI=1S/C8H15F3O/c1-3-5-6-7(12,4-2)8(9,10)11/h12H,3-6H2,1-2H3. The third-order valence-electron chi connectivity index (χ3n) is 2.06. The predicted octanol–water partition coefficient (Wildman–Crippen LogP) is 2.88. The highest BCUT2D eigenvalue weighted by atomic mass is 19.4. The lowest BCUT2D eigenvalue weighted by Crippen LogP contribution is -2.44. The predicted molar refractivity (Wildman–Crippen MR) is 40.8 cm³/mol. The van der Waals surface area contributed by atoms with Crippen molar-refractivity contribution in [3.8, 4) is 0 Å². The highest BCUT2D eigenvalue weighted by Crippen LogP contribution is 2.36. The summed E-state index contributed by atoms with van der Waals surface area (Å²) in [6, 6.07) is 0. The molecular weight excluding hydrogens is 169 g/mol. The van der Waals surface area contributed by atoms with E-state index in [0.29, 0.717) is 12.8 Å². The minimum atomic E-state index is -4.49. The molecule has 4 heteroatoms. The van der Waals surface area contributed by atoms with Gasteiger partial charge in [0.25, 0.3) is 0 Å². The van der Waals surface area contributed by atoms with Crippen molar-refractivity contribution in [2.24, 2.45) is 0 Å². The Balaban J connectivity index is 4.24. The Morgan fingerprint density at radius 2 is 1.67 bits per heavy atom. The van der Waals surface area contributed by atoms with Crippen molar-refractivity contribution >= 4 is 0 Å². The molecule has 0 spiro atoms. The summed E-state index contributed by atoms with van der Waals surface area (Å²) in [5, 5.41) is 9.16. The van der Waals surface area contributed by atoms with E-state index < -0.39 is 11.8 Å². The molecule has 1 atom stereocenters. The lowest BCUT2D eigenvalue weighted by Gasteiger charge is -2.29. The second kappa shape index (κ2) is 4.12. The van der Waals surface area contributed by atoms with Crippen LogP contribution in [-0.4, -0.2) is 16.9 Å². The maximum absolute atomic E-state index is 12.2. The van der Waals surface area contributed by atoms with Crippen molar-refractivity contribution in [1.82, 2.24) is 0 Å². The van der Waals surface area contributed by atoms with Crippen LogP contribution in [0.15, 0.2) is 0 Å². The van der Waals surface area contributed by atoms with E-state index in [1.807, 2.05) is 0 Å². The Kier molecular flexibility index (Phi) is 4.03. The molecule has 0 bridgehead atoms. The zero-order valence-corrected chi connectivity index (χ0v) is 7.41. The maximum atomic E-state index is 12.2. The van der Waals surface area contributed by atoms with Gasteiger partial charge >= 0.3 is 6.18 Å². The molecule has 0 fully saturated rings. The summed E-state index contributed by atoms with van der Waals surface area (Å²) < 4.78 is 36.5. The Morgan fingerprint density at radius 3 is 1.92 bits per heavy atom. The van der Waals surface area contributed by atoms with E-state index in [-0.39, 0.29) is 12.8 Å². The molecule has 1 nitrogen and oxygen atoms in total. The normalized spacial score (nSPS) is 17.5. The van der Waals surface area contributed by atoms with E-state index in [2.05, 4.69) is 0 Å². The molecule has 0 aromatic carbocycles. The number of halogens is 3. The van der Waals surface area contributed by atoms with Crippen molar-refractivity contribution in [3.63, 3.8) is 0 Å². The molecule has 0 amide bonds. The zero-order chi connectivity index (χ0) is 9.83. The third-order valence-corrected chi connectivity index (χ3v) is 2.06. The van der Waals surface area contributed by atoms with Gasteiger partial charge in [0, 0.05) is 0 Å². The third kappa shape index (κ3) is 2.66. The highest BCUT2D eigenvalue weighted by Gasteiger charge is 2.51. The fraction of sp³-hybridized carbons (Fsp3) is 1.00. The van der Waals surface area contributed by atoms with Crippen LogP contribution in [0.3, 0.4) is 0 Å². The van der Waals surface area contributed by atoms with Crippen molar-refractivity contribution in [2.75, 3.05) is 0 Å². The molecule has 0 aliphatic carbocycles. The summed E-state index contributed by atoms with van der Waals surface area (Å²) >= 11 is 0. The molecule has 1 unspecified atom stereocenters. The minimum Gasteiger partial charge on any atom is -0.380 e. The van der Waals surface area contributed by atoms with Gasteiger partial charge in [0.15, 0.2) is 5.60 Å². The first-order chi connectivity index (χ1) is 5.37. The van der Waals surface area contributed by atoms with Gasteiger partial charge in [-0.2, -0.15) is 13.2 Å². The van der Waals surface area contributed by atoms with Gasteiger partial charge < -0.3 is 5.11 Å². The first kappa shape index (κ1) is 11.8.